The third-order valence-electron chi connectivity index (χ3n) is 2.80. The summed E-state index contributed by atoms with van der Waals surface area (Å²) in [5.41, 5.74) is 2.01. The summed E-state index contributed by atoms with van der Waals surface area (Å²) in [4.78, 5) is 14.5. The van der Waals surface area contributed by atoms with Crippen molar-refractivity contribution in [2.45, 2.75) is 19.8 Å². The van der Waals surface area contributed by atoms with Gasteiger partial charge in [-0.3, -0.25) is 4.79 Å². The summed E-state index contributed by atoms with van der Waals surface area (Å²) < 4.78 is 5.55. The number of benzene rings is 1. The number of nitrogens with one attached hydrogen (secondary N) is 1. The number of hydrogen-bond donors (Lipinski definition) is 1. The van der Waals surface area contributed by atoms with Gasteiger partial charge < -0.3 is 9.72 Å². The average Bonchev–Trinajstić information content (AvgIpc) is 2.38. The number of aromatic nitrogens is 1. The zero-order chi connectivity index (χ0) is 12.8. The van der Waals surface area contributed by atoms with E-state index in [0.29, 0.717) is 12.4 Å². The van der Waals surface area contributed by atoms with Gasteiger partial charge >= 0.3 is 0 Å². The number of pyridine rings is 1. The van der Waals surface area contributed by atoms with Crippen LogP contribution in [0.5, 0.6) is 5.75 Å². The van der Waals surface area contributed by atoms with Gasteiger partial charge in [-0.05, 0) is 25.3 Å². The Kier molecular flexibility index (Phi) is 4.18. The van der Waals surface area contributed by atoms with Crippen molar-refractivity contribution >= 4 is 0 Å². The highest BCUT2D eigenvalue weighted by molar-refractivity contribution is 5.25. The lowest BCUT2D eigenvalue weighted by Gasteiger charge is -2.07. The fourth-order valence-electron chi connectivity index (χ4n) is 1.84. The molecule has 0 aliphatic rings. The molecule has 18 heavy (non-hydrogen) atoms. The lowest BCUT2D eigenvalue weighted by Crippen LogP contribution is -2.11. The Balaban J connectivity index is 1.84. The molecule has 1 aromatic heterocycles. The third-order valence-corrected chi connectivity index (χ3v) is 2.80. The molecule has 0 atom stereocenters. The van der Waals surface area contributed by atoms with E-state index in [-0.39, 0.29) is 5.43 Å². The molecule has 0 aliphatic carbocycles. The molecule has 3 heteroatoms. The van der Waals surface area contributed by atoms with Gasteiger partial charge in [0.05, 0.1) is 12.3 Å². The van der Waals surface area contributed by atoms with Gasteiger partial charge in [0.1, 0.15) is 0 Å². The standard InChI is InChI=1S/C15H17NO2/c1-12-15(14(17)9-10-16-12)18-11-5-8-13-6-3-2-4-7-13/h2-4,6-7,9-10H,5,8,11H2,1H3,(H,16,17). The summed E-state index contributed by atoms with van der Waals surface area (Å²) in [7, 11) is 0. The number of hydrogen-bond acceptors (Lipinski definition) is 2. The second kappa shape index (κ2) is 6.05. The molecule has 2 aromatic rings. The molecular weight excluding hydrogens is 226 g/mol. The third kappa shape index (κ3) is 3.23. The molecule has 0 amide bonds. The Morgan fingerprint density at radius 3 is 2.67 bits per heavy atom. The lowest BCUT2D eigenvalue weighted by molar-refractivity contribution is 0.305. The van der Waals surface area contributed by atoms with E-state index in [1.165, 1.54) is 11.6 Å². The molecule has 0 saturated heterocycles. The van der Waals surface area contributed by atoms with Crippen molar-refractivity contribution in [3.05, 3.63) is 64.1 Å². The summed E-state index contributed by atoms with van der Waals surface area (Å²) in [6, 6.07) is 11.7. The van der Waals surface area contributed by atoms with Gasteiger partial charge in [0.2, 0.25) is 5.43 Å². The maximum atomic E-state index is 11.6. The highest BCUT2D eigenvalue weighted by Gasteiger charge is 2.03. The van der Waals surface area contributed by atoms with Crippen molar-refractivity contribution in [2.75, 3.05) is 6.61 Å². The maximum absolute atomic E-state index is 11.6. The van der Waals surface area contributed by atoms with Crippen LogP contribution in [0.3, 0.4) is 0 Å². The van der Waals surface area contributed by atoms with Crippen LogP contribution in [0.2, 0.25) is 0 Å². The van der Waals surface area contributed by atoms with E-state index in [1.54, 1.807) is 6.20 Å². The number of rotatable bonds is 5. The highest BCUT2D eigenvalue weighted by Crippen LogP contribution is 2.09. The summed E-state index contributed by atoms with van der Waals surface area (Å²) in [6.07, 6.45) is 3.50. The van der Waals surface area contributed by atoms with Crippen molar-refractivity contribution in [3.8, 4) is 5.75 Å². The predicted molar refractivity (Wildman–Crippen MR) is 72.1 cm³/mol. The van der Waals surface area contributed by atoms with Crippen LogP contribution in [0, 0.1) is 6.92 Å². The van der Waals surface area contributed by atoms with Crippen molar-refractivity contribution in [1.82, 2.24) is 4.98 Å². The van der Waals surface area contributed by atoms with E-state index in [2.05, 4.69) is 17.1 Å². The molecule has 0 saturated carbocycles. The number of H-pyrrole nitrogens is 1. The maximum Gasteiger partial charge on any atom is 0.223 e. The predicted octanol–water partition coefficient (Wildman–Crippen LogP) is 2.69. The first-order valence-corrected chi connectivity index (χ1v) is 6.12. The van der Waals surface area contributed by atoms with Crippen molar-refractivity contribution < 1.29 is 4.74 Å². The number of aryl methyl sites for hydroxylation is 2. The van der Waals surface area contributed by atoms with E-state index in [9.17, 15) is 4.79 Å². The monoisotopic (exact) mass is 243 g/mol. The summed E-state index contributed by atoms with van der Waals surface area (Å²) >= 11 is 0. The topological polar surface area (TPSA) is 42.1 Å². The molecule has 0 bridgehead atoms. The molecule has 0 aliphatic heterocycles. The molecule has 0 spiro atoms. The first kappa shape index (κ1) is 12.4. The van der Waals surface area contributed by atoms with E-state index < -0.39 is 0 Å². The Morgan fingerprint density at radius 1 is 1.17 bits per heavy atom. The second-order valence-corrected chi connectivity index (χ2v) is 4.23. The van der Waals surface area contributed by atoms with Gasteiger partial charge in [-0.15, -0.1) is 0 Å². The van der Waals surface area contributed by atoms with E-state index in [0.717, 1.165) is 18.5 Å². The zero-order valence-electron chi connectivity index (χ0n) is 10.5. The van der Waals surface area contributed by atoms with E-state index >= 15 is 0 Å². The molecule has 1 N–H and O–H groups in total. The molecule has 2 rings (SSSR count). The summed E-state index contributed by atoms with van der Waals surface area (Å²) in [6.45, 7) is 2.40. The van der Waals surface area contributed by atoms with Gasteiger partial charge in [-0.2, -0.15) is 0 Å². The largest absolute Gasteiger partial charge is 0.488 e. The van der Waals surface area contributed by atoms with Crippen molar-refractivity contribution in [3.63, 3.8) is 0 Å². The van der Waals surface area contributed by atoms with Crippen LogP contribution in [-0.4, -0.2) is 11.6 Å². The highest BCUT2D eigenvalue weighted by atomic mass is 16.5. The van der Waals surface area contributed by atoms with Gasteiger partial charge in [0.15, 0.2) is 5.75 Å². The Labute approximate surface area is 106 Å². The van der Waals surface area contributed by atoms with Crippen LogP contribution in [0.15, 0.2) is 47.4 Å². The number of aromatic amines is 1. The molecular formula is C15H17NO2. The minimum Gasteiger partial charge on any atom is -0.488 e. The van der Waals surface area contributed by atoms with Crippen LogP contribution in [0.25, 0.3) is 0 Å². The quantitative estimate of drug-likeness (QED) is 0.820. The lowest BCUT2D eigenvalue weighted by atomic mass is 10.1. The summed E-state index contributed by atoms with van der Waals surface area (Å²) in [5.74, 6) is 0.436. The fraction of sp³-hybridized carbons (Fsp3) is 0.267. The fourth-order valence-corrected chi connectivity index (χ4v) is 1.84. The van der Waals surface area contributed by atoms with Crippen LogP contribution in [0.1, 0.15) is 17.7 Å². The molecule has 94 valence electrons. The minimum absolute atomic E-state index is 0.0639. The molecule has 0 fully saturated rings. The number of ether oxygens (including phenoxy) is 1. The van der Waals surface area contributed by atoms with Gasteiger partial charge in [0, 0.05) is 12.3 Å². The van der Waals surface area contributed by atoms with Gasteiger partial charge in [-0.1, -0.05) is 30.3 Å². The molecule has 0 radical (unpaired) electrons. The molecule has 1 heterocycles. The van der Waals surface area contributed by atoms with E-state index in [4.69, 9.17) is 4.74 Å². The normalized spacial score (nSPS) is 10.3. The Hall–Kier alpha value is -2.03. The van der Waals surface area contributed by atoms with Crippen LogP contribution in [0.4, 0.5) is 0 Å². The molecule has 3 nitrogen and oxygen atoms in total. The van der Waals surface area contributed by atoms with Crippen LogP contribution >= 0.6 is 0 Å². The SMILES string of the molecule is Cc1[nH]ccc(=O)c1OCCCc1ccccc1. The molecule has 0 unspecified atom stereocenters. The van der Waals surface area contributed by atoms with Crippen molar-refractivity contribution in [2.24, 2.45) is 0 Å². The van der Waals surface area contributed by atoms with Gasteiger partial charge in [0.25, 0.3) is 0 Å². The Bertz CT molecular complexity index is 546. The molecule has 1 aromatic carbocycles. The second-order valence-electron chi connectivity index (χ2n) is 4.23. The average molecular weight is 243 g/mol. The smallest absolute Gasteiger partial charge is 0.223 e. The van der Waals surface area contributed by atoms with Crippen LogP contribution < -0.4 is 10.2 Å². The minimum atomic E-state index is -0.0639. The van der Waals surface area contributed by atoms with Gasteiger partial charge in [-0.25, -0.2) is 0 Å². The Morgan fingerprint density at radius 2 is 1.94 bits per heavy atom. The first-order chi connectivity index (χ1) is 8.77. The zero-order valence-corrected chi connectivity index (χ0v) is 10.5. The van der Waals surface area contributed by atoms with E-state index in [1.807, 2.05) is 25.1 Å². The van der Waals surface area contributed by atoms with Crippen LogP contribution in [-0.2, 0) is 6.42 Å². The van der Waals surface area contributed by atoms with Crippen molar-refractivity contribution in [1.29, 1.82) is 0 Å². The first-order valence-electron chi connectivity index (χ1n) is 6.12. The summed E-state index contributed by atoms with van der Waals surface area (Å²) in [5, 5.41) is 0.